The molecule has 50 valence electrons. The lowest BCUT2D eigenvalue weighted by molar-refractivity contribution is -0.121. The van der Waals surface area contributed by atoms with Crippen molar-refractivity contribution in [3.05, 3.63) is 12.2 Å². The van der Waals surface area contributed by atoms with Crippen LogP contribution in [0.5, 0.6) is 0 Å². The number of rotatable bonds is 2. The monoisotopic (exact) mass is 125 g/mol. The number of hydrogen-bond donors (Lipinski definition) is 1. The largest absolute Gasteiger partial charge is 0.369 e. The molecule has 1 rings (SSSR count). The molecule has 0 radical (unpaired) electrons. The molecule has 0 bridgehead atoms. The highest BCUT2D eigenvalue weighted by molar-refractivity contribution is 5.86. The Morgan fingerprint density at radius 3 is 2.11 bits per heavy atom. The summed E-state index contributed by atoms with van der Waals surface area (Å²) in [5, 5.41) is 0. The number of amides is 1. The number of carbonyl (C=O) groups excluding carboxylic acids is 1. The molecule has 0 aromatic carbocycles. The van der Waals surface area contributed by atoms with Gasteiger partial charge in [-0.15, -0.1) is 0 Å². The molecule has 1 aliphatic carbocycles. The summed E-state index contributed by atoms with van der Waals surface area (Å²) in [4.78, 5) is 10.7. The second-order valence-electron chi connectivity index (χ2n) is 2.73. The molecule has 0 aromatic heterocycles. The predicted molar refractivity (Wildman–Crippen MR) is 35.7 cm³/mol. The first-order chi connectivity index (χ1) is 4.09. The normalized spacial score (nSPS) is 21.0. The van der Waals surface area contributed by atoms with E-state index in [0.717, 1.165) is 18.4 Å². The van der Waals surface area contributed by atoms with Crippen LogP contribution < -0.4 is 5.73 Å². The zero-order chi connectivity index (χ0) is 7.07. The number of nitrogens with two attached hydrogens (primary N) is 1. The first-order valence-electron chi connectivity index (χ1n) is 3.05. The molecule has 0 spiro atoms. The fourth-order valence-electron chi connectivity index (χ4n) is 1.01. The topological polar surface area (TPSA) is 43.1 Å². The number of carbonyl (C=O) groups is 1. The van der Waals surface area contributed by atoms with Gasteiger partial charge in [0, 0.05) is 0 Å². The van der Waals surface area contributed by atoms with Gasteiger partial charge in [-0.25, -0.2) is 0 Å². The molecule has 2 nitrogen and oxygen atoms in total. The van der Waals surface area contributed by atoms with E-state index in [9.17, 15) is 4.79 Å². The summed E-state index contributed by atoms with van der Waals surface area (Å²) in [5.74, 6) is -0.213. The molecule has 2 heteroatoms. The van der Waals surface area contributed by atoms with Crippen LogP contribution in [0.15, 0.2) is 12.2 Å². The molecule has 0 atom stereocenters. The average molecular weight is 125 g/mol. The number of primary amides is 1. The lowest BCUT2D eigenvalue weighted by Gasteiger charge is -2.07. The van der Waals surface area contributed by atoms with Gasteiger partial charge < -0.3 is 5.73 Å². The Morgan fingerprint density at radius 1 is 1.67 bits per heavy atom. The van der Waals surface area contributed by atoms with Gasteiger partial charge in [-0.3, -0.25) is 4.79 Å². The van der Waals surface area contributed by atoms with Crippen LogP contribution in [0.4, 0.5) is 0 Å². The van der Waals surface area contributed by atoms with Gasteiger partial charge in [0.25, 0.3) is 0 Å². The highest BCUT2D eigenvalue weighted by atomic mass is 16.1. The van der Waals surface area contributed by atoms with Crippen LogP contribution in [0, 0.1) is 5.41 Å². The molecule has 1 saturated carbocycles. The summed E-state index contributed by atoms with van der Waals surface area (Å²) in [6, 6.07) is 0. The molecule has 2 N–H and O–H groups in total. The van der Waals surface area contributed by atoms with Gasteiger partial charge in [0.1, 0.15) is 0 Å². The quantitative estimate of drug-likeness (QED) is 0.546. The van der Waals surface area contributed by atoms with E-state index in [1.165, 1.54) is 0 Å². The van der Waals surface area contributed by atoms with Crippen molar-refractivity contribution < 1.29 is 4.79 Å². The van der Waals surface area contributed by atoms with Gasteiger partial charge in [0.05, 0.1) is 5.41 Å². The smallest absolute Gasteiger partial charge is 0.227 e. The fourth-order valence-corrected chi connectivity index (χ4v) is 1.01. The first kappa shape index (κ1) is 6.33. The highest BCUT2D eigenvalue weighted by Crippen LogP contribution is 2.50. The SMILES string of the molecule is C=C(C)C1(C(N)=O)CC1. The Labute approximate surface area is 54.7 Å². The van der Waals surface area contributed by atoms with Crippen molar-refractivity contribution in [2.24, 2.45) is 11.1 Å². The van der Waals surface area contributed by atoms with Crippen molar-refractivity contribution in [1.29, 1.82) is 0 Å². The van der Waals surface area contributed by atoms with Gasteiger partial charge in [0.15, 0.2) is 0 Å². The van der Waals surface area contributed by atoms with E-state index >= 15 is 0 Å². The fraction of sp³-hybridized carbons (Fsp3) is 0.571. The molecule has 0 aliphatic heterocycles. The zero-order valence-electron chi connectivity index (χ0n) is 5.61. The lowest BCUT2D eigenvalue weighted by Crippen LogP contribution is -2.25. The second-order valence-corrected chi connectivity index (χ2v) is 2.73. The third-order valence-corrected chi connectivity index (χ3v) is 2.04. The molecule has 9 heavy (non-hydrogen) atoms. The van der Waals surface area contributed by atoms with Gasteiger partial charge in [-0.2, -0.15) is 0 Å². The van der Waals surface area contributed by atoms with Crippen LogP contribution >= 0.6 is 0 Å². The first-order valence-corrected chi connectivity index (χ1v) is 3.05. The summed E-state index contributed by atoms with van der Waals surface area (Å²) < 4.78 is 0. The number of hydrogen-bond acceptors (Lipinski definition) is 1. The van der Waals surface area contributed by atoms with E-state index in [-0.39, 0.29) is 11.3 Å². The van der Waals surface area contributed by atoms with Crippen molar-refractivity contribution in [2.75, 3.05) is 0 Å². The molecule has 0 heterocycles. The molecule has 1 aliphatic rings. The third-order valence-electron chi connectivity index (χ3n) is 2.04. The Bertz CT molecular complexity index is 152. The van der Waals surface area contributed by atoms with E-state index in [0.29, 0.717) is 0 Å². The summed E-state index contributed by atoms with van der Waals surface area (Å²) in [5.41, 5.74) is 5.74. The van der Waals surface area contributed by atoms with E-state index in [1.807, 2.05) is 6.92 Å². The van der Waals surface area contributed by atoms with Crippen molar-refractivity contribution >= 4 is 5.91 Å². The van der Waals surface area contributed by atoms with Gasteiger partial charge in [0.2, 0.25) is 5.91 Å². The molecule has 1 amide bonds. The zero-order valence-corrected chi connectivity index (χ0v) is 5.61. The second kappa shape index (κ2) is 1.59. The summed E-state index contributed by atoms with van der Waals surface area (Å²) >= 11 is 0. The maximum Gasteiger partial charge on any atom is 0.227 e. The summed E-state index contributed by atoms with van der Waals surface area (Å²) in [6.45, 7) is 5.57. The summed E-state index contributed by atoms with van der Waals surface area (Å²) in [6.07, 6.45) is 1.80. The van der Waals surface area contributed by atoms with E-state index in [4.69, 9.17) is 5.73 Å². The van der Waals surface area contributed by atoms with Crippen LogP contribution in [-0.4, -0.2) is 5.91 Å². The molecule has 1 fully saturated rings. The lowest BCUT2D eigenvalue weighted by atomic mass is 9.98. The van der Waals surface area contributed by atoms with Gasteiger partial charge in [-0.1, -0.05) is 12.2 Å². The minimum atomic E-state index is -0.306. The van der Waals surface area contributed by atoms with E-state index in [2.05, 4.69) is 6.58 Å². The minimum Gasteiger partial charge on any atom is -0.369 e. The predicted octanol–water partition coefficient (Wildman–Crippen LogP) is 0.828. The third kappa shape index (κ3) is 0.745. The van der Waals surface area contributed by atoms with Crippen LogP contribution in [0.1, 0.15) is 19.8 Å². The molecule has 0 aromatic rings. The molecule has 0 saturated heterocycles. The molecule has 0 unspecified atom stereocenters. The Balaban J connectivity index is 2.75. The Hall–Kier alpha value is -0.790. The van der Waals surface area contributed by atoms with Crippen molar-refractivity contribution in [2.45, 2.75) is 19.8 Å². The van der Waals surface area contributed by atoms with Crippen LogP contribution in [0.25, 0.3) is 0 Å². The van der Waals surface area contributed by atoms with Gasteiger partial charge >= 0.3 is 0 Å². The summed E-state index contributed by atoms with van der Waals surface area (Å²) in [7, 11) is 0. The maximum absolute atomic E-state index is 10.7. The maximum atomic E-state index is 10.7. The average Bonchev–Trinajstić information content (AvgIpc) is 2.40. The van der Waals surface area contributed by atoms with Crippen LogP contribution in [0.2, 0.25) is 0 Å². The molecular formula is C7H11NO. The standard InChI is InChI=1S/C7H11NO/c1-5(2)7(3-4-7)6(8)9/h1,3-4H2,2H3,(H2,8,9). The van der Waals surface area contributed by atoms with Crippen molar-refractivity contribution in [3.8, 4) is 0 Å². The van der Waals surface area contributed by atoms with Crippen LogP contribution in [0.3, 0.4) is 0 Å². The Kier molecular flexibility index (Phi) is 1.12. The van der Waals surface area contributed by atoms with Gasteiger partial charge in [-0.05, 0) is 19.8 Å². The Morgan fingerprint density at radius 2 is 2.11 bits per heavy atom. The van der Waals surface area contributed by atoms with Crippen molar-refractivity contribution in [3.63, 3.8) is 0 Å². The highest BCUT2D eigenvalue weighted by Gasteiger charge is 2.48. The van der Waals surface area contributed by atoms with Crippen molar-refractivity contribution in [1.82, 2.24) is 0 Å². The minimum absolute atomic E-state index is 0.213. The van der Waals surface area contributed by atoms with Crippen LogP contribution in [-0.2, 0) is 4.79 Å². The molecular weight excluding hydrogens is 114 g/mol. The van der Waals surface area contributed by atoms with E-state index in [1.54, 1.807) is 0 Å². The van der Waals surface area contributed by atoms with E-state index < -0.39 is 0 Å².